The topological polar surface area (TPSA) is 30.5 Å². The molecule has 1 heterocycles. The fourth-order valence-corrected chi connectivity index (χ4v) is 2.39. The van der Waals surface area contributed by atoms with E-state index < -0.39 is 0 Å². The second-order valence-corrected chi connectivity index (χ2v) is 5.86. The number of hydrogen-bond acceptors (Lipinski definition) is 3. The number of rotatable bonds is 5. The highest BCUT2D eigenvalue weighted by Gasteiger charge is 2.26. The zero-order chi connectivity index (χ0) is 12.8. The summed E-state index contributed by atoms with van der Waals surface area (Å²) in [6.07, 6.45) is 2.31. The SMILES string of the molecule is CC1(NCCOc2ccc(Br)cc2)CCCOC1. The Labute approximate surface area is 117 Å². The van der Waals surface area contributed by atoms with Crippen LogP contribution in [0.3, 0.4) is 0 Å². The van der Waals surface area contributed by atoms with Gasteiger partial charge in [-0.1, -0.05) is 15.9 Å². The summed E-state index contributed by atoms with van der Waals surface area (Å²) in [6, 6.07) is 7.91. The normalized spacial score (nSPS) is 23.9. The van der Waals surface area contributed by atoms with Gasteiger partial charge in [-0.05, 0) is 44.0 Å². The fraction of sp³-hybridized carbons (Fsp3) is 0.571. The van der Waals surface area contributed by atoms with Gasteiger partial charge in [0.1, 0.15) is 12.4 Å². The molecular formula is C14H20BrNO2. The lowest BCUT2D eigenvalue weighted by Crippen LogP contribution is -2.50. The Hall–Kier alpha value is -0.580. The van der Waals surface area contributed by atoms with E-state index in [9.17, 15) is 0 Å². The lowest BCUT2D eigenvalue weighted by atomic mass is 9.95. The third-order valence-corrected chi connectivity index (χ3v) is 3.70. The number of nitrogens with one attached hydrogen (secondary N) is 1. The Kier molecular flexibility index (Phi) is 5.03. The standard InChI is InChI=1S/C14H20BrNO2/c1-14(7-2-9-17-11-14)16-8-10-18-13-5-3-12(15)4-6-13/h3-6,16H,2,7-11H2,1H3. The Morgan fingerprint density at radius 1 is 1.39 bits per heavy atom. The second-order valence-electron chi connectivity index (χ2n) is 4.95. The van der Waals surface area contributed by atoms with E-state index in [1.165, 1.54) is 6.42 Å². The van der Waals surface area contributed by atoms with Crippen LogP contribution in [0.1, 0.15) is 19.8 Å². The zero-order valence-corrected chi connectivity index (χ0v) is 12.3. The predicted molar refractivity (Wildman–Crippen MR) is 76.1 cm³/mol. The van der Waals surface area contributed by atoms with E-state index in [1.807, 2.05) is 24.3 Å². The van der Waals surface area contributed by atoms with Gasteiger partial charge in [-0.25, -0.2) is 0 Å². The molecule has 18 heavy (non-hydrogen) atoms. The van der Waals surface area contributed by atoms with Crippen LogP contribution >= 0.6 is 15.9 Å². The lowest BCUT2D eigenvalue weighted by Gasteiger charge is -2.34. The first-order valence-corrected chi connectivity index (χ1v) is 7.18. The average molecular weight is 314 g/mol. The molecule has 1 aliphatic heterocycles. The molecule has 0 saturated carbocycles. The summed E-state index contributed by atoms with van der Waals surface area (Å²) in [4.78, 5) is 0. The van der Waals surface area contributed by atoms with Crippen molar-refractivity contribution in [3.8, 4) is 5.75 Å². The predicted octanol–water partition coefficient (Wildman–Crippen LogP) is 2.99. The molecule has 1 N–H and O–H groups in total. The Morgan fingerprint density at radius 3 is 2.83 bits per heavy atom. The van der Waals surface area contributed by atoms with Gasteiger partial charge >= 0.3 is 0 Å². The van der Waals surface area contributed by atoms with E-state index in [-0.39, 0.29) is 5.54 Å². The molecular weight excluding hydrogens is 294 g/mol. The molecule has 1 aromatic carbocycles. The maximum Gasteiger partial charge on any atom is 0.119 e. The van der Waals surface area contributed by atoms with Crippen LogP contribution in [-0.2, 0) is 4.74 Å². The van der Waals surface area contributed by atoms with E-state index in [2.05, 4.69) is 28.2 Å². The van der Waals surface area contributed by atoms with Crippen LogP contribution < -0.4 is 10.1 Å². The van der Waals surface area contributed by atoms with Gasteiger partial charge in [-0.3, -0.25) is 0 Å². The van der Waals surface area contributed by atoms with Crippen molar-refractivity contribution in [1.29, 1.82) is 0 Å². The van der Waals surface area contributed by atoms with Crippen molar-refractivity contribution in [2.75, 3.05) is 26.4 Å². The molecule has 0 aliphatic carbocycles. The molecule has 3 nitrogen and oxygen atoms in total. The minimum Gasteiger partial charge on any atom is -0.492 e. The van der Waals surface area contributed by atoms with E-state index >= 15 is 0 Å². The second kappa shape index (κ2) is 6.55. The zero-order valence-electron chi connectivity index (χ0n) is 10.7. The average Bonchev–Trinajstić information content (AvgIpc) is 2.38. The quantitative estimate of drug-likeness (QED) is 0.848. The van der Waals surface area contributed by atoms with E-state index in [4.69, 9.17) is 9.47 Å². The van der Waals surface area contributed by atoms with Gasteiger partial charge in [-0.15, -0.1) is 0 Å². The molecule has 0 bridgehead atoms. The van der Waals surface area contributed by atoms with Crippen LogP contribution in [0, 0.1) is 0 Å². The summed E-state index contributed by atoms with van der Waals surface area (Å²) >= 11 is 3.40. The highest BCUT2D eigenvalue weighted by molar-refractivity contribution is 9.10. The molecule has 0 spiro atoms. The smallest absolute Gasteiger partial charge is 0.119 e. The molecule has 0 aromatic heterocycles. The van der Waals surface area contributed by atoms with Crippen molar-refractivity contribution < 1.29 is 9.47 Å². The van der Waals surface area contributed by atoms with Crippen molar-refractivity contribution in [3.63, 3.8) is 0 Å². The maximum atomic E-state index is 5.67. The third kappa shape index (κ3) is 4.26. The molecule has 1 saturated heterocycles. The van der Waals surface area contributed by atoms with Gasteiger partial charge in [0.15, 0.2) is 0 Å². The van der Waals surface area contributed by atoms with Crippen molar-refractivity contribution in [1.82, 2.24) is 5.32 Å². The van der Waals surface area contributed by atoms with Crippen molar-refractivity contribution in [2.45, 2.75) is 25.3 Å². The number of hydrogen-bond donors (Lipinski definition) is 1. The van der Waals surface area contributed by atoms with Crippen LogP contribution in [0.5, 0.6) is 5.75 Å². The molecule has 1 aliphatic rings. The molecule has 1 atom stereocenters. The maximum absolute atomic E-state index is 5.67. The van der Waals surface area contributed by atoms with Crippen molar-refractivity contribution >= 4 is 15.9 Å². The van der Waals surface area contributed by atoms with Gasteiger partial charge in [0.2, 0.25) is 0 Å². The van der Waals surface area contributed by atoms with Gasteiger partial charge in [-0.2, -0.15) is 0 Å². The highest BCUT2D eigenvalue weighted by Crippen LogP contribution is 2.18. The number of halogens is 1. The summed E-state index contributed by atoms with van der Waals surface area (Å²) < 4.78 is 12.2. The Morgan fingerprint density at radius 2 is 2.17 bits per heavy atom. The molecule has 100 valence electrons. The summed E-state index contributed by atoms with van der Waals surface area (Å²) in [6.45, 7) is 5.43. The molecule has 0 amide bonds. The summed E-state index contributed by atoms with van der Waals surface area (Å²) in [7, 11) is 0. The van der Waals surface area contributed by atoms with Gasteiger partial charge in [0, 0.05) is 23.2 Å². The number of ether oxygens (including phenoxy) is 2. The van der Waals surface area contributed by atoms with Crippen molar-refractivity contribution in [3.05, 3.63) is 28.7 Å². The lowest BCUT2D eigenvalue weighted by molar-refractivity contribution is 0.0273. The van der Waals surface area contributed by atoms with Crippen molar-refractivity contribution in [2.24, 2.45) is 0 Å². The van der Waals surface area contributed by atoms with Crippen LogP contribution in [0.15, 0.2) is 28.7 Å². The minimum absolute atomic E-state index is 0.112. The number of benzene rings is 1. The molecule has 4 heteroatoms. The summed E-state index contributed by atoms with van der Waals surface area (Å²) in [5, 5.41) is 3.52. The van der Waals surface area contributed by atoms with E-state index in [0.29, 0.717) is 6.61 Å². The monoisotopic (exact) mass is 313 g/mol. The minimum atomic E-state index is 0.112. The van der Waals surface area contributed by atoms with Crippen LogP contribution in [0.2, 0.25) is 0 Å². The fourth-order valence-electron chi connectivity index (χ4n) is 2.13. The van der Waals surface area contributed by atoms with Crippen LogP contribution in [0.25, 0.3) is 0 Å². The first-order chi connectivity index (χ1) is 8.68. The van der Waals surface area contributed by atoms with Gasteiger partial charge in [0.05, 0.1) is 6.61 Å². The van der Waals surface area contributed by atoms with Crippen LogP contribution in [-0.4, -0.2) is 31.9 Å². The molecule has 2 rings (SSSR count). The third-order valence-electron chi connectivity index (χ3n) is 3.17. The Balaban J connectivity index is 1.67. The van der Waals surface area contributed by atoms with Crippen LogP contribution in [0.4, 0.5) is 0 Å². The molecule has 1 unspecified atom stereocenters. The first kappa shape index (κ1) is 13.8. The highest BCUT2D eigenvalue weighted by atomic mass is 79.9. The Bertz CT molecular complexity index is 361. The molecule has 1 aromatic rings. The largest absolute Gasteiger partial charge is 0.492 e. The van der Waals surface area contributed by atoms with Gasteiger partial charge in [0.25, 0.3) is 0 Å². The first-order valence-electron chi connectivity index (χ1n) is 6.39. The molecule has 1 fully saturated rings. The molecule has 0 radical (unpaired) electrons. The summed E-state index contributed by atoms with van der Waals surface area (Å²) in [5.74, 6) is 0.907. The van der Waals surface area contributed by atoms with Gasteiger partial charge < -0.3 is 14.8 Å². The van der Waals surface area contributed by atoms with E-state index in [0.717, 1.165) is 36.4 Å². The summed E-state index contributed by atoms with van der Waals surface area (Å²) in [5.41, 5.74) is 0.112. The van der Waals surface area contributed by atoms with E-state index in [1.54, 1.807) is 0 Å².